The van der Waals surface area contributed by atoms with Gasteiger partial charge in [-0.25, -0.2) is 0 Å². The zero-order valence-corrected chi connectivity index (χ0v) is 14.4. The van der Waals surface area contributed by atoms with Gasteiger partial charge in [-0.1, -0.05) is 60.7 Å². The molecule has 1 aliphatic rings. The minimum atomic E-state index is -0.474. The SMILES string of the molecule is C[C@@H](c1ccccc1)N1C[C@@H](O)[C@H](Oc2ccc3ccccc3c2)C1. The number of aliphatic hydroxyl groups is 1. The first-order valence-electron chi connectivity index (χ1n) is 8.83. The van der Waals surface area contributed by atoms with E-state index in [0.717, 1.165) is 17.7 Å². The summed E-state index contributed by atoms with van der Waals surface area (Å²) in [6, 6.07) is 25.0. The second-order valence-corrected chi connectivity index (χ2v) is 6.77. The van der Waals surface area contributed by atoms with Crippen LogP contribution >= 0.6 is 0 Å². The van der Waals surface area contributed by atoms with Gasteiger partial charge < -0.3 is 9.84 Å². The second-order valence-electron chi connectivity index (χ2n) is 6.77. The Morgan fingerprint density at radius 2 is 1.64 bits per heavy atom. The van der Waals surface area contributed by atoms with Crippen molar-refractivity contribution in [1.82, 2.24) is 4.90 Å². The van der Waals surface area contributed by atoms with Gasteiger partial charge in [0.2, 0.25) is 0 Å². The number of hydrogen-bond acceptors (Lipinski definition) is 3. The number of nitrogens with zero attached hydrogens (tertiary/aromatic N) is 1. The topological polar surface area (TPSA) is 32.7 Å². The van der Waals surface area contributed by atoms with Gasteiger partial charge in [0.15, 0.2) is 0 Å². The summed E-state index contributed by atoms with van der Waals surface area (Å²) in [4.78, 5) is 2.28. The zero-order valence-electron chi connectivity index (χ0n) is 14.4. The maximum absolute atomic E-state index is 10.5. The molecule has 4 rings (SSSR count). The lowest BCUT2D eigenvalue weighted by atomic mass is 10.1. The molecule has 1 aliphatic heterocycles. The number of β-amino-alcohol motifs (C(OH)–C–C–N with tert-alkyl or cyclic N) is 1. The summed E-state index contributed by atoms with van der Waals surface area (Å²) in [6.07, 6.45) is -0.676. The van der Waals surface area contributed by atoms with E-state index in [-0.39, 0.29) is 12.1 Å². The highest BCUT2D eigenvalue weighted by molar-refractivity contribution is 5.83. The standard InChI is InChI=1S/C22H23NO2/c1-16(17-7-3-2-4-8-17)23-14-21(24)22(15-23)25-20-12-11-18-9-5-6-10-19(18)13-20/h2-13,16,21-22,24H,14-15H2,1H3/t16-,21+,22+/m0/s1. The van der Waals surface area contributed by atoms with Crippen LogP contribution in [-0.2, 0) is 0 Å². The molecule has 1 N–H and O–H groups in total. The highest BCUT2D eigenvalue weighted by Crippen LogP contribution is 2.28. The van der Waals surface area contributed by atoms with Crippen LogP contribution in [0.4, 0.5) is 0 Å². The van der Waals surface area contributed by atoms with Gasteiger partial charge in [-0.15, -0.1) is 0 Å². The van der Waals surface area contributed by atoms with Gasteiger partial charge in [0.25, 0.3) is 0 Å². The lowest BCUT2D eigenvalue weighted by molar-refractivity contribution is 0.0737. The summed E-state index contributed by atoms with van der Waals surface area (Å²) in [5, 5.41) is 12.8. The average molecular weight is 333 g/mol. The van der Waals surface area contributed by atoms with Gasteiger partial charge in [0.05, 0.1) is 0 Å². The Hall–Kier alpha value is -2.36. The third-order valence-corrected chi connectivity index (χ3v) is 5.10. The lowest BCUT2D eigenvalue weighted by Crippen LogP contribution is -2.30. The number of hydrogen-bond donors (Lipinski definition) is 1. The molecule has 3 aromatic rings. The van der Waals surface area contributed by atoms with E-state index < -0.39 is 6.10 Å². The summed E-state index contributed by atoms with van der Waals surface area (Å²) in [7, 11) is 0. The van der Waals surface area contributed by atoms with Crippen molar-refractivity contribution in [2.24, 2.45) is 0 Å². The van der Waals surface area contributed by atoms with Crippen LogP contribution in [0.5, 0.6) is 5.75 Å². The fourth-order valence-corrected chi connectivity index (χ4v) is 3.58. The minimum absolute atomic E-state index is 0.202. The van der Waals surface area contributed by atoms with E-state index in [4.69, 9.17) is 4.74 Å². The fraction of sp³-hybridized carbons (Fsp3) is 0.273. The maximum atomic E-state index is 10.5. The molecule has 0 aromatic heterocycles. The van der Waals surface area contributed by atoms with Gasteiger partial charge in [-0.3, -0.25) is 4.90 Å². The average Bonchev–Trinajstić information content (AvgIpc) is 3.02. The van der Waals surface area contributed by atoms with E-state index in [1.807, 2.05) is 30.3 Å². The molecule has 0 aliphatic carbocycles. The lowest BCUT2D eigenvalue weighted by Gasteiger charge is -2.24. The molecule has 0 bridgehead atoms. The monoisotopic (exact) mass is 333 g/mol. The summed E-state index contributed by atoms with van der Waals surface area (Å²) in [5.41, 5.74) is 1.26. The molecule has 1 saturated heterocycles. The van der Waals surface area contributed by atoms with Crippen molar-refractivity contribution in [2.45, 2.75) is 25.2 Å². The third-order valence-electron chi connectivity index (χ3n) is 5.10. The Kier molecular flexibility index (Phi) is 4.43. The Morgan fingerprint density at radius 3 is 2.44 bits per heavy atom. The van der Waals surface area contributed by atoms with Crippen LogP contribution in [0.1, 0.15) is 18.5 Å². The molecule has 1 fully saturated rings. The highest BCUT2D eigenvalue weighted by Gasteiger charge is 2.35. The second kappa shape index (κ2) is 6.87. The van der Waals surface area contributed by atoms with Crippen molar-refractivity contribution in [2.75, 3.05) is 13.1 Å². The number of likely N-dealkylation sites (tertiary alicyclic amines) is 1. The van der Waals surface area contributed by atoms with Crippen molar-refractivity contribution in [1.29, 1.82) is 0 Å². The molecule has 25 heavy (non-hydrogen) atoms. The molecule has 3 nitrogen and oxygen atoms in total. The number of fused-ring (bicyclic) bond motifs is 1. The fourth-order valence-electron chi connectivity index (χ4n) is 3.58. The molecule has 0 saturated carbocycles. The molecule has 1 heterocycles. The Morgan fingerprint density at radius 1 is 0.920 bits per heavy atom. The molecular formula is C22H23NO2. The maximum Gasteiger partial charge on any atom is 0.138 e. The summed E-state index contributed by atoms with van der Waals surface area (Å²) >= 11 is 0. The number of ether oxygens (including phenoxy) is 1. The van der Waals surface area contributed by atoms with Crippen molar-refractivity contribution in [3.63, 3.8) is 0 Å². The summed E-state index contributed by atoms with van der Waals surface area (Å²) in [6.45, 7) is 3.54. The quantitative estimate of drug-likeness (QED) is 0.782. The van der Waals surface area contributed by atoms with Crippen LogP contribution < -0.4 is 4.74 Å². The van der Waals surface area contributed by atoms with Gasteiger partial charge in [0, 0.05) is 19.1 Å². The molecule has 0 amide bonds. The largest absolute Gasteiger partial charge is 0.486 e. The van der Waals surface area contributed by atoms with Gasteiger partial charge in [-0.2, -0.15) is 0 Å². The van der Waals surface area contributed by atoms with Crippen LogP contribution in [-0.4, -0.2) is 35.3 Å². The Balaban J connectivity index is 1.47. The van der Waals surface area contributed by atoms with Gasteiger partial charge >= 0.3 is 0 Å². The highest BCUT2D eigenvalue weighted by atomic mass is 16.5. The minimum Gasteiger partial charge on any atom is -0.486 e. The number of benzene rings is 3. The van der Waals surface area contributed by atoms with Crippen molar-refractivity contribution in [3.8, 4) is 5.75 Å². The van der Waals surface area contributed by atoms with E-state index >= 15 is 0 Å². The Labute approximate surface area is 148 Å². The number of rotatable bonds is 4. The molecule has 3 atom stereocenters. The first kappa shape index (κ1) is 16.1. The van der Waals surface area contributed by atoms with Crippen LogP contribution in [0.25, 0.3) is 10.8 Å². The van der Waals surface area contributed by atoms with E-state index in [2.05, 4.69) is 54.3 Å². The predicted octanol–water partition coefficient (Wildman–Crippen LogP) is 4.02. The summed E-state index contributed by atoms with van der Waals surface area (Å²) in [5.74, 6) is 0.817. The first-order chi connectivity index (χ1) is 12.2. The molecule has 3 heteroatoms. The van der Waals surface area contributed by atoms with Crippen molar-refractivity contribution >= 4 is 10.8 Å². The predicted molar refractivity (Wildman–Crippen MR) is 101 cm³/mol. The van der Waals surface area contributed by atoms with Crippen molar-refractivity contribution in [3.05, 3.63) is 78.4 Å². The van der Waals surface area contributed by atoms with Crippen LogP contribution in [0.2, 0.25) is 0 Å². The third kappa shape index (κ3) is 3.39. The van der Waals surface area contributed by atoms with Crippen LogP contribution in [0, 0.1) is 0 Å². The zero-order chi connectivity index (χ0) is 17.2. The van der Waals surface area contributed by atoms with E-state index in [0.29, 0.717) is 6.54 Å². The van der Waals surface area contributed by atoms with E-state index in [1.165, 1.54) is 10.9 Å². The normalized spacial score (nSPS) is 22.2. The van der Waals surface area contributed by atoms with Gasteiger partial charge in [-0.05, 0) is 35.4 Å². The summed E-state index contributed by atoms with van der Waals surface area (Å²) < 4.78 is 6.12. The van der Waals surface area contributed by atoms with Crippen LogP contribution in [0.3, 0.4) is 0 Å². The molecule has 128 valence electrons. The van der Waals surface area contributed by atoms with Crippen molar-refractivity contribution < 1.29 is 9.84 Å². The molecule has 0 unspecified atom stereocenters. The molecule has 0 radical (unpaired) electrons. The van der Waals surface area contributed by atoms with Crippen LogP contribution in [0.15, 0.2) is 72.8 Å². The smallest absolute Gasteiger partial charge is 0.138 e. The molecule has 3 aromatic carbocycles. The number of aliphatic hydroxyl groups excluding tert-OH is 1. The van der Waals surface area contributed by atoms with E-state index in [1.54, 1.807) is 0 Å². The molecule has 0 spiro atoms. The molecular weight excluding hydrogens is 310 g/mol. The first-order valence-corrected chi connectivity index (χ1v) is 8.83. The van der Waals surface area contributed by atoms with E-state index in [9.17, 15) is 5.11 Å². The Bertz CT molecular complexity index is 849. The van der Waals surface area contributed by atoms with Gasteiger partial charge in [0.1, 0.15) is 18.0 Å².